The van der Waals surface area contributed by atoms with Gasteiger partial charge in [-0.3, -0.25) is 14.4 Å². The smallest absolute Gasteiger partial charge is 0.305 e. The number of hydrogen-bond acceptors (Lipinski definition) is 3. The molecule has 1 aliphatic rings. The van der Waals surface area contributed by atoms with E-state index in [0.717, 1.165) is 16.3 Å². The number of amides is 2. The zero-order valence-electron chi connectivity index (χ0n) is 15.4. The molecule has 1 saturated heterocycles. The first-order valence-corrected chi connectivity index (χ1v) is 9.20. The van der Waals surface area contributed by atoms with Crippen LogP contribution in [0.3, 0.4) is 0 Å². The van der Waals surface area contributed by atoms with E-state index in [1.807, 2.05) is 42.5 Å². The largest absolute Gasteiger partial charge is 0.481 e. The average Bonchev–Trinajstić information content (AvgIpc) is 2.66. The number of nitrogens with one attached hydrogen (secondary N) is 1. The van der Waals surface area contributed by atoms with Crippen LogP contribution in [0.15, 0.2) is 42.5 Å². The summed E-state index contributed by atoms with van der Waals surface area (Å²) >= 11 is 0. The molecule has 1 atom stereocenters. The fourth-order valence-corrected chi connectivity index (χ4v) is 3.60. The van der Waals surface area contributed by atoms with Gasteiger partial charge in [0.25, 0.3) is 0 Å². The second-order valence-corrected chi connectivity index (χ2v) is 7.05. The third kappa shape index (κ3) is 4.64. The first-order chi connectivity index (χ1) is 12.9. The predicted octanol–water partition coefficient (Wildman–Crippen LogP) is 2.73. The van der Waals surface area contributed by atoms with Gasteiger partial charge in [-0.05, 0) is 35.2 Å². The lowest BCUT2D eigenvalue weighted by molar-refractivity contribution is -0.138. The molecule has 142 valence electrons. The van der Waals surface area contributed by atoms with Crippen molar-refractivity contribution in [3.63, 3.8) is 0 Å². The van der Waals surface area contributed by atoms with Crippen LogP contribution in [-0.4, -0.2) is 40.9 Å². The molecular formula is C21H24N2O4. The van der Waals surface area contributed by atoms with Gasteiger partial charge < -0.3 is 15.3 Å². The van der Waals surface area contributed by atoms with Crippen LogP contribution in [0.25, 0.3) is 10.8 Å². The van der Waals surface area contributed by atoms with E-state index in [4.69, 9.17) is 0 Å². The number of likely N-dealkylation sites (tertiary alicyclic amines) is 1. The second-order valence-electron chi connectivity index (χ2n) is 7.05. The number of rotatable bonds is 5. The molecule has 2 aromatic rings. The molecule has 0 spiro atoms. The summed E-state index contributed by atoms with van der Waals surface area (Å²) in [5.74, 6) is -1.27. The van der Waals surface area contributed by atoms with E-state index in [2.05, 4.69) is 5.32 Å². The molecular weight excluding hydrogens is 344 g/mol. The summed E-state index contributed by atoms with van der Waals surface area (Å²) in [4.78, 5) is 37.2. The topological polar surface area (TPSA) is 86.7 Å². The lowest BCUT2D eigenvalue weighted by Gasteiger charge is -2.31. The third-order valence-corrected chi connectivity index (χ3v) is 5.18. The number of nitrogens with zero attached hydrogens (tertiary/aromatic N) is 1. The summed E-state index contributed by atoms with van der Waals surface area (Å²) in [6.07, 6.45) is 1.03. The number of carbonyl (C=O) groups is 3. The van der Waals surface area contributed by atoms with Crippen LogP contribution in [0.1, 0.15) is 37.8 Å². The Balaban J connectivity index is 1.73. The van der Waals surface area contributed by atoms with Crippen molar-refractivity contribution in [2.45, 2.75) is 32.2 Å². The Kier molecular flexibility index (Phi) is 5.74. The maximum absolute atomic E-state index is 12.7. The Bertz CT molecular complexity index is 856. The molecule has 1 heterocycles. The normalized spacial score (nSPS) is 16.1. The zero-order chi connectivity index (χ0) is 19.4. The zero-order valence-corrected chi connectivity index (χ0v) is 15.4. The van der Waals surface area contributed by atoms with Crippen LogP contribution in [0.4, 0.5) is 0 Å². The highest BCUT2D eigenvalue weighted by Crippen LogP contribution is 2.25. The summed E-state index contributed by atoms with van der Waals surface area (Å²) in [5.41, 5.74) is 0.783. The highest BCUT2D eigenvalue weighted by molar-refractivity contribution is 5.84. The fraction of sp³-hybridized carbons (Fsp3) is 0.381. The van der Waals surface area contributed by atoms with E-state index in [1.165, 1.54) is 6.92 Å². The number of carboxylic acids is 1. The number of hydrogen-bond donors (Lipinski definition) is 2. The quantitative estimate of drug-likeness (QED) is 0.850. The molecule has 6 nitrogen and oxygen atoms in total. The Morgan fingerprint density at radius 1 is 1.11 bits per heavy atom. The van der Waals surface area contributed by atoms with Crippen LogP contribution in [-0.2, 0) is 14.4 Å². The minimum Gasteiger partial charge on any atom is -0.481 e. The Morgan fingerprint density at radius 2 is 1.78 bits per heavy atom. The standard InChI is InChI=1S/C21H24N2O4/c1-14(24)23-10-8-16(9-11-23)21(27)22-19(13-20(25)26)18-7-6-15-4-2-3-5-17(15)12-18/h2-7,12,16,19H,8-11,13H2,1H3,(H,22,27)(H,25,26)/t19-/m0/s1. The summed E-state index contributed by atoms with van der Waals surface area (Å²) in [6, 6.07) is 13.0. The summed E-state index contributed by atoms with van der Waals surface area (Å²) in [6.45, 7) is 2.66. The lowest BCUT2D eigenvalue weighted by atomic mass is 9.94. The molecule has 0 unspecified atom stereocenters. The van der Waals surface area contributed by atoms with Crippen molar-refractivity contribution < 1.29 is 19.5 Å². The minimum absolute atomic E-state index is 0.0220. The first kappa shape index (κ1) is 18.9. The first-order valence-electron chi connectivity index (χ1n) is 9.20. The Morgan fingerprint density at radius 3 is 2.41 bits per heavy atom. The highest BCUT2D eigenvalue weighted by Gasteiger charge is 2.28. The molecule has 1 fully saturated rings. The molecule has 0 saturated carbocycles. The number of carboxylic acid groups (broad SMARTS) is 1. The van der Waals surface area contributed by atoms with Gasteiger partial charge >= 0.3 is 5.97 Å². The monoisotopic (exact) mass is 368 g/mol. The molecule has 2 amide bonds. The number of aliphatic carboxylic acids is 1. The van der Waals surface area contributed by atoms with E-state index in [1.54, 1.807) is 4.90 Å². The lowest BCUT2D eigenvalue weighted by Crippen LogP contribution is -2.43. The van der Waals surface area contributed by atoms with Gasteiger partial charge in [0.05, 0.1) is 12.5 Å². The molecule has 6 heteroatoms. The highest BCUT2D eigenvalue weighted by atomic mass is 16.4. The van der Waals surface area contributed by atoms with Gasteiger partial charge in [-0.1, -0.05) is 36.4 Å². The summed E-state index contributed by atoms with van der Waals surface area (Å²) in [5, 5.41) is 14.3. The molecule has 2 N–H and O–H groups in total. The van der Waals surface area contributed by atoms with Gasteiger partial charge in [0, 0.05) is 25.9 Å². The van der Waals surface area contributed by atoms with E-state index in [0.29, 0.717) is 25.9 Å². The number of piperidine rings is 1. The van der Waals surface area contributed by atoms with Crippen LogP contribution in [0, 0.1) is 5.92 Å². The molecule has 1 aliphatic heterocycles. The molecule has 2 aromatic carbocycles. The Hall–Kier alpha value is -2.89. The van der Waals surface area contributed by atoms with Gasteiger partial charge in [0.1, 0.15) is 0 Å². The van der Waals surface area contributed by atoms with Gasteiger partial charge in [-0.15, -0.1) is 0 Å². The van der Waals surface area contributed by atoms with Crippen LogP contribution >= 0.6 is 0 Å². The molecule has 0 bridgehead atoms. The molecule has 0 radical (unpaired) electrons. The van der Waals surface area contributed by atoms with E-state index in [9.17, 15) is 19.5 Å². The van der Waals surface area contributed by atoms with Gasteiger partial charge in [0.15, 0.2) is 0 Å². The maximum atomic E-state index is 12.7. The van der Waals surface area contributed by atoms with Crippen molar-refractivity contribution in [3.8, 4) is 0 Å². The van der Waals surface area contributed by atoms with Gasteiger partial charge in [-0.25, -0.2) is 0 Å². The van der Waals surface area contributed by atoms with Crippen molar-refractivity contribution in [1.82, 2.24) is 10.2 Å². The van der Waals surface area contributed by atoms with Crippen molar-refractivity contribution in [2.75, 3.05) is 13.1 Å². The van der Waals surface area contributed by atoms with Crippen molar-refractivity contribution in [1.29, 1.82) is 0 Å². The number of benzene rings is 2. The Labute approximate surface area is 158 Å². The average molecular weight is 368 g/mol. The van der Waals surface area contributed by atoms with E-state index < -0.39 is 12.0 Å². The minimum atomic E-state index is -0.958. The van der Waals surface area contributed by atoms with Gasteiger partial charge in [0.2, 0.25) is 11.8 Å². The van der Waals surface area contributed by atoms with Crippen LogP contribution in [0.5, 0.6) is 0 Å². The molecule has 3 rings (SSSR count). The third-order valence-electron chi connectivity index (χ3n) is 5.18. The van der Waals surface area contributed by atoms with E-state index in [-0.39, 0.29) is 24.2 Å². The summed E-state index contributed by atoms with van der Waals surface area (Å²) < 4.78 is 0. The molecule has 27 heavy (non-hydrogen) atoms. The fourth-order valence-electron chi connectivity index (χ4n) is 3.60. The summed E-state index contributed by atoms with van der Waals surface area (Å²) in [7, 11) is 0. The van der Waals surface area contributed by atoms with Crippen LogP contribution < -0.4 is 5.32 Å². The van der Waals surface area contributed by atoms with Gasteiger partial charge in [-0.2, -0.15) is 0 Å². The van der Waals surface area contributed by atoms with Crippen molar-refractivity contribution >= 4 is 28.6 Å². The maximum Gasteiger partial charge on any atom is 0.305 e. The van der Waals surface area contributed by atoms with Crippen LogP contribution in [0.2, 0.25) is 0 Å². The van der Waals surface area contributed by atoms with Crippen molar-refractivity contribution in [3.05, 3.63) is 48.0 Å². The predicted molar refractivity (Wildman–Crippen MR) is 102 cm³/mol. The number of fused-ring (bicyclic) bond motifs is 1. The van der Waals surface area contributed by atoms with E-state index >= 15 is 0 Å². The second kappa shape index (κ2) is 8.20. The molecule has 0 aromatic heterocycles. The molecule has 0 aliphatic carbocycles. The van der Waals surface area contributed by atoms with Crippen molar-refractivity contribution in [2.24, 2.45) is 5.92 Å². The SMILES string of the molecule is CC(=O)N1CCC(C(=O)N[C@@H](CC(=O)O)c2ccc3ccccc3c2)CC1. The number of carbonyl (C=O) groups excluding carboxylic acids is 2.